The maximum Gasteiger partial charge on any atom is 0.282 e. The highest BCUT2D eigenvalue weighted by molar-refractivity contribution is 8.13. The van der Waals surface area contributed by atoms with Crippen molar-refractivity contribution in [2.45, 2.75) is 12.8 Å². The maximum absolute atomic E-state index is 12.4. The van der Waals surface area contributed by atoms with Crippen LogP contribution < -0.4 is 0 Å². The van der Waals surface area contributed by atoms with E-state index in [1.807, 2.05) is 0 Å². The zero-order chi connectivity index (χ0) is 11.6. The van der Waals surface area contributed by atoms with Crippen molar-refractivity contribution >= 4 is 19.7 Å². The summed E-state index contributed by atoms with van der Waals surface area (Å²) in [6, 6.07) is 0. The van der Waals surface area contributed by atoms with Crippen LogP contribution in [0, 0.1) is 0 Å². The van der Waals surface area contributed by atoms with Crippen LogP contribution in [0.2, 0.25) is 0 Å². The molecular formula is C7H9ClF2N2O2S. The van der Waals surface area contributed by atoms with Gasteiger partial charge in [0.15, 0.2) is 0 Å². The molecule has 0 saturated carbocycles. The Hall–Kier alpha value is -0.690. The summed E-state index contributed by atoms with van der Waals surface area (Å²) in [5, 5.41) is 3.54. The Kier molecular flexibility index (Phi) is 3.67. The Morgan fingerprint density at radius 2 is 2.20 bits per heavy atom. The minimum atomic E-state index is -3.67. The van der Waals surface area contributed by atoms with E-state index in [0.29, 0.717) is 0 Å². The molecule has 0 atom stereocenters. The van der Waals surface area contributed by atoms with E-state index in [2.05, 4.69) is 5.10 Å². The van der Waals surface area contributed by atoms with Gasteiger partial charge in [-0.25, -0.2) is 17.2 Å². The molecule has 1 rings (SSSR count). The first-order chi connectivity index (χ1) is 6.79. The molecule has 15 heavy (non-hydrogen) atoms. The molecule has 0 N–H and O–H groups in total. The molecule has 0 fully saturated rings. The SMILES string of the molecule is Cn1cc(CCS(=O)(=O)Cl)c(C(F)F)n1. The Labute approximate surface area is 90.3 Å². The second-order valence-electron chi connectivity index (χ2n) is 3.01. The first kappa shape index (κ1) is 12.4. The average Bonchev–Trinajstić information content (AvgIpc) is 2.42. The Bertz CT molecular complexity index is 444. The van der Waals surface area contributed by atoms with E-state index in [1.165, 1.54) is 17.9 Å². The summed E-state index contributed by atoms with van der Waals surface area (Å²) in [4.78, 5) is 0. The van der Waals surface area contributed by atoms with Crippen molar-refractivity contribution in [3.05, 3.63) is 17.5 Å². The Morgan fingerprint density at radius 1 is 1.60 bits per heavy atom. The smallest absolute Gasteiger partial charge is 0.275 e. The molecule has 86 valence electrons. The molecule has 4 nitrogen and oxygen atoms in total. The molecule has 1 heterocycles. The Morgan fingerprint density at radius 3 is 2.67 bits per heavy atom. The second-order valence-corrected chi connectivity index (χ2v) is 5.90. The van der Waals surface area contributed by atoms with E-state index in [0.717, 1.165) is 0 Å². The van der Waals surface area contributed by atoms with E-state index in [4.69, 9.17) is 10.7 Å². The number of aromatic nitrogens is 2. The first-order valence-electron chi connectivity index (χ1n) is 4.02. The predicted octanol–water partition coefficient (Wildman–Crippen LogP) is 1.47. The molecule has 1 aromatic heterocycles. The average molecular weight is 259 g/mol. The number of hydrogen-bond donors (Lipinski definition) is 0. The fourth-order valence-electron chi connectivity index (χ4n) is 1.16. The Balaban J connectivity index is 2.85. The highest BCUT2D eigenvalue weighted by Crippen LogP contribution is 2.21. The van der Waals surface area contributed by atoms with E-state index in [9.17, 15) is 17.2 Å². The van der Waals surface area contributed by atoms with Gasteiger partial charge in [-0.3, -0.25) is 4.68 Å². The minimum Gasteiger partial charge on any atom is -0.275 e. The lowest BCUT2D eigenvalue weighted by Gasteiger charge is -1.98. The third-order valence-corrected chi connectivity index (χ3v) is 2.91. The van der Waals surface area contributed by atoms with Crippen LogP contribution in [-0.2, 0) is 22.5 Å². The van der Waals surface area contributed by atoms with Gasteiger partial charge in [0.1, 0.15) is 5.69 Å². The summed E-state index contributed by atoms with van der Waals surface area (Å²) in [6.45, 7) is 0. The molecule has 0 aromatic carbocycles. The van der Waals surface area contributed by atoms with Gasteiger partial charge in [-0.05, 0) is 6.42 Å². The molecule has 0 saturated heterocycles. The molecule has 0 spiro atoms. The van der Waals surface area contributed by atoms with Crippen LogP contribution in [0.5, 0.6) is 0 Å². The monoisotopic (exact) mass is 258 g/mol. The normalized spacial score (nSPS) is 12.3. The lowest BCUT2D eigenvalue weighted by atomic mass is 10.2. The predicted molar refractivity (Wildman–Crippen MR) is 51.5 cm³/mol. The zero-order valence-corrected chi connectivity index (χ0v) is 9.39. The summed E-state index contributed by atoms with van der Waals surface area (Å²) in [6.07, 6.45) is -1.40. The lowest BCUT2D eigenvalue weighted by Crippen LogP contribution is -2.02. The van der Waals surface area contributed by atoms with E-state index >= 15 is 0 Å². The number of rotatable bonds is 4. The van der Waals surface area contributed by atoms with Gasteiger partial charge in [0.2, 0.25) is 9.05 Å². The molecule has 0 aliphatic rings. The van der Waals surface area contributed by atoms with E-state index < -0.39 is 21.2 Å². The summed E-state index contributed by atoms with van der Waals surface area (Å²) in [5.74, 6) is -0.375. The quantitative estimate of drug-likeness (QED) is 0.769. The molecule has 0 aliphatic heterocycles. The van der Waals surface area contributed by atoms with Crippen LogP contribution >= 0.6 is 10.7 Å². The molecule has 0 bridgehead atoms. The highest BCUT2D eigenvalue weighted by atomic mass is 35.7. The number of alkyl halides is 2. The molecular weight excluding hydrogens is 250 g/mol. The van der Waals surface area contributed by atoms with Gasteiger partial charge in [0.25, 0.3) is 6.43 Å². The fraction of sp³-hybridized carbons (Fsp3) is 0.571. The van der Waals surface area contributed by atoms with Gasteiger partial charge >= 0.3 is 0 Å². The third-order valence-electron chi connectivity index (χ3n) is 1.76. The van der Waals surface area contributed by atoms with Gasteiger partial charge < -0.3 is 0 Å². The number of hydrogen-bond acceptors (Lipinski definition) is 3. The topological polar surface area (TPSA) is 52.0 Å². The van der Waals surface area contributed by atoms with Gasteiger partial charge in [-0.2, -0.15) is 5.10 Å². The molecule has 0 radical (unpaired) electrons. The van der Waals surface area contributed by atoms with Gasteiger partial charge in [0, 0.05) is 29.5 Å². The van der Waals surface area contributed by atoms with Crippen LogP contribution in [0.3, 0.4) is 0 Å². The fourth-order valence-corrected chi connectivity index (χ4v) is 1.86. The van der Waals surface area contributed by atoms with Crippen LogP contribution in [0.15, 0.2) is 6.20 Å². The van der Waals surface area contributed by atoms with Gasteiger partial charge in [-0.15, -0.1) is 0 Å². The summed E-state index contributed by atoms with van der Waals surface area (Å²) in [7, 11) is 2.80. The molecule has 0 aliphatic carbocycles. The standard InChI is InChI=1S/C7H9ClF2N2O2S/c1-12-4-5(2-3-15(8,13)14)6(11-12)7(9)10/h4,7H,2-3H2,1H3. The summed E-state index contributed by atoms with van der Waals surface area (Å²) >= 11 is 0. The molecule has 1 aromatic rings. The first-order valence-corrected chi connectivity index (χ1v) is 6.50. The lowest BCUT2D eigenvalue weighted by molar-refractivity contribution is 0.144. The maximum atomic E-state index is 12.4. The summed E-state index contributed by atoms with van der Waals surface area (Å²) < 4.78 is 47.3. The van der Waals surface area contributed by atoms with Crippen molar-refractivity contribution in [1.82, 2.24) is 9.78 Å². The largest absolute Gasteiger partial charge is 0.282 e. The zero-order valence-electron chi connectivity index (χ0n) is 7.82. The van der Waals surface area contributed by atoms with Gasteiger partial charge in [-0.1, -0.05) is 0 Å². The van der Waals surface area contributed by atoms with Crippen molar-refractivity contribution in [2.75, 3.05) is 5.75 Å². The number of halogens is 3. The van der Waals surface area contributed by atoms with Crippen molar-refractivity contribution in [3.8, 4) is 0 Å². The van der Waals surface area contributed by atoms with Crippen molar-refractivity contribution in [3.63, 3.8) is 0 Å². The van der Waals surface area contributed by atoms with Gasteiger partial charge in [0.05, 0.1) is 5.75 Å². The highest BCUT2D eigenvalue weighted by Gasteiger charge is 2.18. The third kappa shape index (κ3) is 3.75. The number of nitrogens with zero attached hydrogens (tertiary/aromatic N) is 2. The van der Waals surface area contributed by atoms with Crippen LogP contribution in [0.1, 0.15) is 17.7 Å². The van der Waals surface area contributed by atoms with Crippen molar-refractivity contribution in [1.29, 1.82) is 0 Å². The van der Waals surface area contributed by atoms with Crippen LogP contribution in [0.25, 0.3) is 0 Å². The van der Waals surface area contributed by atoms with Crippen molar-refractivity contribution in [2.24, 2.45) is 7.05 Å². The van der Waals surface area contributed by atoms with Crippen molar-refractivity contribution < 1.29 is 17.2 Å². The van der Waals surface area contributed by atoms with E-state index in [-0.39, 0.29) is 17.7 Å². The molecule has 0 unspecified atom stereocenters. The number of aryl methyl sites for hydroxylation is 2. The molecule has 8 heteroatoms. The second kappa shape index (κ2) is 4.44. The minimum absolute atomic E-state index is 0.0562. The van der Waals surface area contributed by atoms with E-state index in [1.54, 1.807) is 0 Å². The van der Waals surface area contributed by atoms with Crippen LogP contribution in [-0.4, -0.2) is 24.0 Å². The molecule has 0 amide bonds. The van der Waals surface area contributed by atoms with Crippen LogP contribution in [0.4, 0.5) is 8.78 Å². The summed E-state index contributed by atoms with van der Waals surface area (Å²) in [5.41, 5.74) is -0.186.